The molecule has 0 bridgehead atoms. The lowest BCUT2D eigenvalue weighted by Gasteiger charge is -2.19. The Balaban J connectivity index is 1.88. The number of hydrogen-bond acceptors (Lipinski definition) is 3. The molecule has 1 atom stereocenters. The Morgan fingerprint density at radius 2 is 2.00 bits per heavy atom. The molecule has 5 nitrogen and oxygen atoms in total. The number of carbonyl (C=O) groups excluding carboxylic acids is 1. The van der Waals surface area contributed by atoms with Crippen LogP contribution in [0.1, 0.15) is 30.9 Å². The van der Waals surface area contributed by atoms with Gasteiger partial charge in [-0.1, -0.05) is 12.1 Å². The Morgan fingerprint density at radius 1 is 1.29 bits per heavy atom. The SMILES string of the molecule is COCCCNC(=O)NC(c1ccc(OC)cc1)C1CC1. The van der Waals surface area contributed by atoms with Gasteiger partial charge in [0.15, 0.2) is 0 Å². The van der Waals surface area contributed by atoms with E-state index in [1.165, 1.54) is 12.8 Å². The molecule has 0 spiro atoms. The molecule has 2 amide bonds. The summed E-state index contributed by atoms with van der Waals surface area (Å²) in [4.78, 5) is 12.0. The number of hydrogen-bond donors (Lipinski definition) is 2. The van der Waals surface area contributed by atoms with Crippen LogP contribution >= 0.6 is 0 Å². The Labute approximate surface area is 126 Å². The fourth-order valence-electron chi connectivity index (χ4n) is 2.32. The highest BCUT2D eigenvalue weighted by molar-refractivity contribution is 5.74. The van der Waals surface area contributed by atoms with Gasteiger partial charge in [0.2, 0.25) is 0 Å². The van der Waals surface area contributed by atoms with Crippen LogP contribution in [0.25, 0.3) is 0 Å². The Hall–Kier alpha value is -1.75. The third kappa shape index (κ3) is 4.93. The minimum atomic E-state index is -0.112. The molecule has 0 aliphatic heterocycles. The molecule has 1 saturated carbocycles. The van der Waals surface area contributed by atoms with Crippen molar-refractivity contribution >= 4 is 6.03 Å². The zero-order valence-corrected chi connectivity index (χ0v) is 12.7. The molecule has 0 aromatic heterocycles. The summed E-state index contributed by atoms with van der Waals surface area (Å²) < 4.78 is 10.1. The second kappa shape index (κ2) is 7.88. The lowest BCUT2D eigenvalue weighted by molar-refractivity contribution is 0.193. The molecule has 2 rings (SSSR count). The number of nitrogens with one attached hydrogen (secondary N) is 2. The van der Waals surface area contributed by atoms with Crippen molar-refractivity contribution in [1.29, 1.82) is 0 Å². The molecule has 1 fully saturated rings. The maximum Gasteiger partial charge on any atom is 0.315 e. The fourth-order valence-corrected chi connectivity index (χ4v) is 2.32. The fraction of sp³-hybridized carbons (Fsp3) is 0.562. The highest BCUT2D eigenvalue weighted by atomic mass is 16.5. The maximum atomic E-state index is 12.0. The van der Waals surface area contributed by atoms with Crippen molar-refractivity contribution < 1.29 is 14.3 Å². The first-order valence-electron chi connectivity index (χ1n) is 7.42. The van der Waals surface area contributed by atoms with Gasteiger partial charge in [-0.15, -0.1) is 0 Å². The quantitative estimate of drug-likeness (QED) is 0.724. The van der Waals surface area contributed by atoms with E-state index in [0.29, 0.717) is 19.1 Å². The van der Waals surface area contributed by atoms with E-state index < -0.39 is 0 Å². The molecule has 21 heavy (non-hydrogen) atoms. The van der Waals surface area contributed by atoms with Crippen molar-refractivity contribution in [3.8, 4) is 5.75 Å². The highest BCUT2D eigenvalue weighted by Gasteiger charge is 2.33. The molecule has 1 aliphatic carbocycles. The van der Waals surface area contributed by atoms with Crippen molar-refractivity contribution in [3.05, 3.63) is 29.8 Å². The Kier molecular flexibility index (Phi) is 5.87. The number of methoxy groups -OCH3 is 2. The summed E-state index contributed by atoms with van der Waals surface area (Å²) in [7, 11) is 3.31. The molecule has 116 valence electrons. The van der Waals surface area contributed by atoms with Gasteiger partial charge in [-0.25, -0.2) is 4.79 Å². The summed E-state index contributed by atoms with van der Waals surface area (Å²) >= 11 is 0. The predicted octanol–water partition coefficient (Wildman–Crippen LogP) is 2.48. The van der Waals surface area contributed by atoms with Crippen LogP contribution in [0.5, 0.6) is 5.75 Å². The molecule has 0 radical (unpaired) electrons. The van der Waals surface area contributed by atoms with Crippen LogP contribution in [-0.2, 0) is 4.74 Å². The largest absolute Gasteiger partial charge is 0.497 e. The van der Waals surface area contributed by atoms with Gasteiger partial charge in [-0.3, -0.25) is 0 Å². The normalized spacial score (nSPS) is 15.3. The van der Waals surface area contributed by atoms with E-state index in [4.69, 9.17) is 9.47 Å². The lowest BCUT2D eigenvalue weighted by atomic mass is 10.0. The van der Waals surface area contributed by atoms with Gasteiger partial charge < -0.3 is 20.1 Å². The molecule has 5 heteroatoms. The summed E-state index contributed by atoms with van der Waals surface area (Å²) in [5, 5.41) is 5.95. The van der Waals surface area contributed by atoms with Crippen LogP contribution in [0.15, 0.2) is 24.3 Å². The van der Waals surface area contributed by atoms with E-state index in [-0.39, 0.29) is 12.1 Å². The van der Waals surface area contributed by atoms with E-state index in [0.717, 1.165) is 17.7 Å². The lowest BCUT2D eigenvalue weighted by Crippen LogP contribution is -2.39. The average molecular weight is 292 g/mol. The number of amides is 2. The minimum Gasteiger partial charge on any atom is -0.497 e. The van der Waals surface area contributed by atoms with E-state index >= 15 is 0 Å². The molecule has 1 aromatic rings. The van der Waals surface area contributed by atoms with Crippen LogP contribution in [0.4, 0.5) is 4.79 Å². The molecule has 0 saturated heterocycles. The van der Waals surface area contributed by atoms with Gasteiger partial charge in [-0.2, -0.15) is 0 Å². The molecule has 2 N–H and O–H groups in total. The summed E-state index contributed by atoms with van der Waals surface area (Å²) in [5.41, 5.74) is 1.13. The molecule has 1 aromatic carbocycles. The summed E-state index contributed by atoms with van der Waals surface area (Å²) in [6.45, 7) is 1.28. The number of ether oxygens (including phenoxy) is 2. The summed E-state index contributed by atoms with van der Waals surface area (Å²) in [6, 6.07) is 7.88. The third-order valence-corrected chi connectivity index (χ3v) is 3.67. The van der Waals surface area contributed by atoms with Gasteiger partial charge in [0.25, 0.3) is 0 Å². The number of rotatable bonds is 8. The van der Waals surface area contributed by atoms with Crippen molar-refractivity contribution in [2.24, 2.45) is 5.92 Å². The maximum absolute atomic E-state index is 12.0. The van der Waals surface area contributed by atoms with Gasteiger partial charge in [0, 0.05) is 20.3 Å². The summed E-state index contributed by atoms with van der Waals surface area (Å²) in [5.74, 6) is 1.38. The average Bonchev–Trinajstić information content (AvgIpc) is 3.34. The van der Waals surface area contributed by atoms with Crippen molar-refractivity contribution in [2.75, 3.05) is 27.4 Å². The van der Waals surface area contributed by atoms with Crippen LogP contribution in [-0.4, -0.2) is 33.4 Å². The minimum absolute atomic E-state index is 0.0818. The first-order valence-corrected chi connectivity index (χ1v) is 7.42. The second-order valence-electron chi connectivity index (χ2n) is 5.33. The highest BCUT2D eigenvalue weighted by Crippen LogP contribution is 2.41. The molecular formula is C16H24N2O3. The second-order valence-corrected chi connectivity index (χ2v) is 5.33. The number of carbonyl (C=O) groups is 1. The van der Waals surface area contributed by atoms with Gasteiger partial charge in [0.05, 0.1) is 13.2 Å². The standard InChI is InChI=1S/C16H24N2O3/c1-20-11-3-10-17-16(19)18-15(12-4-5-12)13-6-8-14(21-2)9-7-13/h6-9,12,15H,3-5,10-11H2,1-2H3,(H2,17,18,19). The molecular weight excluding hydrogens is 268 g/mol. The van der Waals surface area contributed by atoms with Gasteiger partial charge in [-0.05, 0) is 42.9 Å². The Bertz CT molecular complexity index is 443. The van der Waals surface area contributed by atoms with Crippen molar-refractivity contribution in [2.45, 2.75) is 25.3 Å². The Morgan fingerprint density at radius 3 is 2.57 bits per heavy atom. The van der Waals surface area contributed by atoms with Crippen LogP contribution in [0.2, 0.25) is 0 Å². The summed E-state index contributed by atoms with van der Waals surface area (Å²) in [6.07, 6.45) is 3.15. The van der Waals surface area contributed by atoms with E-state index in [2.05, 4.69) is 10.6 Å². The van der Waals surface area contributed by atoms with Gasteiger partial charge in [0.1, 0.15) is 5.75 Å². The molecule has 1 unspecified atom stereocenters. The monoisotopic (exact) mass is 292 g/mol. The number of benzene rings is 1. The van der Waals surface area contributed by atoms with Gasteiger partial charge >= 0.3 is 6.03 Å². The number of urea groups is 1. The molecule has 0 heterocycles. The zero-order chi connectivity index (χ0) is 15.1. The smallest absolute Gasteiger partial charge is 0.315 e. The van der Waals surface area contributed by atoms with E-state index in [9.17, 15) is 4.79 Å². The van der Waals surface area contributed by atoms with Crippen molar-refractivity contribution in [1.82, 2.24) is 10.6 Å². The predicted molar refractivity (Wildman–Crippen MR) is 81.5 cm³/mol. The zero-order valence-electron chi connectivity index (χ0n) is 12.7. The van der Waals surface area contributed by atoms with E-state index in [1.54, 1.807) is 14.2 Å². The first-order chi connectivity index (χ1) is 10.2. The van der Waals surface area contributed by atoms with Crippen LogP contribution in [0, 0.1) is 5.92 Å². The van der Waals surface area contributed by atoms with Crippen LogP contribution in [0.3, 0.4) is 0 Å². The third-order valence-electron chi connectivity index (χ3n) is 3.67. The van der Waals surface area contributed by atoms with Crippen molar-refractivity contribution in [3.63, 3.8) is 0 Å². The van der Waals surface area contributed by atoms with Crippen LogP contribution < -0.4 is 15.4 Å². The molecule has 1 aliphatic rings. The topological polar surface area (TPSA) is 59.6 Å². The first kappa shape index (κ1) is 15.6. The van der Waals surface area contributed by atoms with E-state index in [1.807, 2.05) is 24.3 Å².